The molecule has 0 amide bonds. The van der Waals surface area contributed by atoms with Crippen LogP contribution in [-0.4, -0.2) is 49.4 Å². The van der Waals surface area contributed by atoms with Crippen molar-refractivity contribution in [2.24, 2.45) is 5.73 Å². The molecular formula is C17H30Cl3N3S. The van der Waals surface area contributed by atoms with E-state index in [0.717, 1.165) is 38.5 Å². The van der Waals surface area contributed by atoms with Crippen molar-refractivity contribution in [3.8, 4) is 0 Å². The summed E-state index contributed by atoms with van der Waals surface area (Å²) in [6.07, 6.45) is 5.23. The highest BCUT2D eigenvalue weighted by Gasteiger charge is 2.22. The lowest BCUT2D eigenvalue weighted by molar-refractivity contribution is 0.247. The first-order valence-corrected chi connectivity index (χ1v) is 8.85. The zero-order valence-corrected chi connectivity index (χ0v) is 17.4. The van der Waals surface area contributed by atoms with Crippen molar-refractivity contribution >= 4 is 55.5 Å². The summed E-state index contributed by atoms with van der Waals surface area (Å²) in [6.45, 7) is 5.45. The molecule has 140 valence electrons. The zero-order chi connectivity index (χ0) is 14.7. The fourth-order valence-corrected chi connectivity index (χ4v) is 3.73. The van der Waals surface area contributed by atoms with Crippen LogP contribution >= 0.6 is 49.8 Å². The summed E-state index contributed by atoms with van der Waals surface area (Å²) in [5, 5.41) is 0. The molecule has 24 heavy (non-hydrogen) atoms. The van der Waals surface area contributed by atoms with Gasteiger partial charge in [0, 0.05) is 50.2 Å². The highest BCUT2D eigenvalue weighted by atomic mass is 35.5. The van der Waals surface area contributed by atoms with Crippen LogP contribution in [-0.2, 0) is 12.8 Å². The normalized spacial score (nSPS) is 18.5. The number of benzene rings is 1. The van der Waals surface area contributed by atoms with Crippen molar-refractivity contribution in [3.05, 3.63) is 29.3 Å². The lowest BCUT2D eigenvalue weighted by Gasteiger charge is -2.38. The van der Waals surface area contributed by atoms with Crippen molar-refractivity contribution in [1.29, 1.82) is 0 Å². The van der Waals surface area contributed by atoms with E-state index in [-0.39, 0.29) is 43.3 Å². The van der Waals surface area contributed by atoms with E-state index in [1.807, 2.05) is 0 Å². The van der Waals surface area contributed by atoms with Crippen molar-refractivity contribution in [3.63, 3.8) is 0 Å². The second-order valence-electron chi connectivity index (χ2n) is 6.35. The Bertz CT molecular complexity index is 482. The highest BCUT2D eigenvalue weighted by Crippen LogP contribution is 2.30. The Balaban J connectivity index is 0.00000176. The number of hydrogen-bond acceptors (Lipinski definition) is 4. The fourth-order valence-electron chi connectivity index (χ4n) is 3.62. The second-order valence-corrected chi connectivity index (χ2v) is 6.72. The molecule has 3 rings (SSSR count). The van der Waals surface area contributed by atoms with Crippen LogP contribution in [0.2, 0.25) is 0 Å². The van der Waals surface area contributed by atoms with Gasteiger partial charge in [-0.1, -0.05) is 12.1 Å². The smallest absolute Gasteiger partial charge is 0.0402 e. The number of thiol groups is 1. The average molecular weight is 415 g/mol. The molecule has 1 unspecified atom stereocenters. The van der Waals surface area contributed by atoms with Gasteiger partial charge in [0.15, 0.2) is 0 Å². The molecule has 1 saturated heterocycles. The number of piperazine rings is 1. The number of hydrogen-bond donors (Lipinski definition) is 2. The maximum atomic E-state index is 6.01. The third-order valence-corrected chi connectivity index (χ3v) is 5.28. The molecule has 1 fully saturated rings. The van der Waals surface area contributed by atoms with Gasteiger partial charge in [-0.05, 0) is 42.9 Å². The number of fused-ring (bicyclic) bond motifs is 1. The molecule has 1 aromatic rings. The molecule has 7 heteroatoms. The lowest BCUT2D eigenvalue weighted by atomic mass is 9.90. The first-order chi connectivity index (χ1) is 10.3. The van der Waals surface area contributed by atoms with Crippen LogP contribution < -0.4 is 10.6 Å². The summed E-state index contributed by atoms with van der Waals surface area (Å²) in [5.74, 6) is 0.770. The molecule has 0 aromatic heterocycles. The van der Waals surface area contributed by atoms with E-state index >= 15 is 0 Å². The molecule has 2 aliphatic rings. The molecule has 0 saturated carbocycles. The van der Waals surface area contributed by atoms with E-state index in [1.54, 1.807) is 11.1 Å². The molecule has 0 spiro atoms. The summed E-state index contributed by atoms with van der Waals surface area (Å²) >= 11 is 4.28. The summed E-state index contributed by atoms with van der Waals surface area (Å²) in [5.41, 5.74) is 10.7. The molecule has 1 aliphatic carbocycles. The predicted molar refractivity (Wildman–Crippen MR) is 115 cm³/mol. The number of nitrogens with zero attached hydrogens (tertiary/aromatic N) is 2. The molecule has 1 aliphatic heterocycles. The number of anilines is 1. The van der Waals surface area contributed by atoms with Gasteiger partial charge in [0.1, 0.15) is 0 Å². The van der Waals surface area contributed by atoms with Crippen LogP contribution in [0.3, 0.4) is 0 Å². The van der Waals surface area contributed by atoms with Gasteiger partial charge in [0.25, 0.3) is 0 Å². The molecular weight excluding hydrogens is 385 g/mol. The standard InChI is InChI=1S/C17H27N3S.3ClH/c18-15(13-21)12-19-8-10-20(11-9-19)17-7-3-5-14-4-1-2-6-16(14)17;;;/h3,5,7,15,21H,1-2,4,6,8-13,18H2;3*1H. The molecule has 0 bridgehead atoms. The maximum absolute atomic E-state index is 6.01. The fraction of sp³-hybridized carbons (Fsp3) is 0.647. The number of aryl methyl sites for hydroxylation is 1. The minimum atomic E-state index is 0. The summed E-state index contributed by atoms with van der Waals surface area (Å²) in [6, 6.07) is 7.08. The Hall–Kier alpha value is 0.160. The van der Waals surface area contributed by atoms with Crippen LogP contribution in [0.1, 0.15) is 24.0 Å². The van der Waals surface area contributed by atoms with Crippen molar-refractivity contribution in [2.75, 3.05) is 43.4 Å². The summed E-state index contributed by atoms with van der Waals surface area (Å²) in [4.78, 5) is 5.06. The maximum Gasteiger partial charge on any atom is 0.0402 e. The Kier molecular flexibility index (Phi) is 11.8. The monoisotopic (exact) mass is 413 g/mol. The van der Waals surface area contributed by atoms with Gasteiger partial charge in [-0.15, -0.1) is 37.2 Å². The second kappa shape index (κ2) is 11.7. The first kappa shape index (κ1) is 24.2. The van der Waals surface area contributed by atoms with Gasteiger partial charge >= 0.3 is 0 Å². The van der Waals surface area contributed by atoms with Crippen LogP contribution in [0.15, 0.2) is 18.2 Å². The molecule has 1 aromatic carbocycles. The Morgan fingerprint density at radius 2 is 1.67 bits per heavy atom. The molecule has 0 radical (unpaired) electrons. The summed E-state index contributed by atoms with van der Waals surface area (Å²) < 4.78 is 0. The van der Waals surface area contributed by atoms with Crippen molar-refractivity contribution in [2.45, 2.75) is 31.7 Å². The average Bonchev–Trinajstić information content (AvgIpc) is 2.55. The number of nitrogens with two attached hydrogens (primary N) is 1. The Morgan fingerprint density at radius 1 is 1.00 bits per heavy atom. The van der Waals surface area contributed by atoms with Gasteiger partial charge in [0.05, 0.1) is 0 Å². The van der Waals surface area contributed by atoms with Gasteiger partial charge in [-0.25, -0.2) is 0 Å². The van der Waals surface area contributed by atoms with E-state index in [9.17, 15) is 0 Å². The predicted octanol–water partition coefficient (Wildman–Crippen LogP) is 3.21. The van der Waals surface area contributed by atoms with E-state index in [1.165, 1.54) is 31.4 Å². The van der Waals surface area contributed by atoms with E-state index in [0.29, 0.717) is 0 Å². The first-order valence-electron chi connectivity index (χ1n) is 8.22. The lowest BCUT2D eigenvalue weighted by Crippen LogP contribution is -2.50. The van der Waals surface area contributed by atoms with Gasteiger partial charge in [-0.2, -0.15) is 12.6 Å². The van der Waals surface area contributed by atoms with Crippen LogP contribution in [0.25, 0.3) is 0 Å². The van der Waals surface area contributed by atoms with E-state index in [4.69, 9.17) is 5.73 Å². The van der Waals surface area contributed by atoms with Crippen LogP contribution in [0.5, 0.6) is 0 Å². The van der Waals surface area contributed by atoms with Crippen molar-refractivity contribution < 1.29 is 0 Å². The van der Waals surface area contributed by atoms with Gasteiger partial charge < -0.3 is 10.6 Å². The van der Waals surface area contributed by atoms with Gasteiger partial charge in [0.2, 0.25) is 0 Å². The van der Waals surface area contributed by atoms with Crippen LogP contribution in [0, 0.1) is 0 Å². The highest BCUT2D eigenvalue weighted by molar-refractivity contribution is 7.80. The molecule has 1 heterocycles. The molecule has 2 N–H and O–H groups in total. The third kappa shape index (κ3) is 5.86. The number of halogens is 3. The SMILES string of the molecule is Cl.Cl.Cl.NC(CS)CN1CCN(c2cccc3c2CCCC3)CC1. The molecule has 1 atom stereocenters. The van der Waals surface area contributed by atoms with Crippen LogP contribution in [0.4, 0.5) is 5.69 Å². The van der Waals surface area contributed by atoms with E-state index < -0.39 is 0 Å². The third-order valence-electron chi connectivity index (χ3n) is 4.81. The quantitative estimate of drug-likeness (QED) is 0.742. The van der Waals surface area contributed by atoms with Crippen molar-refractivity contribution in [1.82, 2.24) is 4.90 Å². The Morgan fingerprint density at radius 3 is 2.33 bits per heavy atom. The Labute approximate surface area is 170 Å². The van der Waals surface area contributed by atoms with E-state index in [2.05, 4.69) is 40.6 Å². The number of rotatable bonds is 4. The van der Waals surface area contributed by atoms with Gasteiger partial charge in [-0.3, -0.25) is 4.90 Å². The topological polar surface area (TPSA) is 32.5 Å². The summed E-state index contributed by atoms with van der Waals surface area (Å²) in [7, 11) is 0. The minimum Gasteiger partial charge on any atom is -0.369 e. The molecule has 3 nitrogen and oxygen atoms in total. The largest absolute Gasteiger partial charge is 0.369 e. The minimum absolute atomic E-state index is 0. The zero-order valence-electron chi connectivity index (χ0n) is 14.0.